The molecular formula is C17H15Cl2NO4. The number of benzene rings is 2. The Labute approximate surface area is 149 Å². The first-order chi connectivity index (χ1) is 11.5. The molecule has 126 valence electrons. The van der Waals surface area contributed by atoms with E-state index in [-0.39, 0.29) is 5.69 Å². The van der Waals surface area contributed by atoms with Crippen LogP contribution in [-0.4, -0.2) is 18.1 Å². The molecule has 0 aliphatic carbocycles. The maximum Gasteiger partial charge on any atom is 0.269 e. The van der Waals surface area contributed by atoms with Crippen molar-refractivity contribution in [2.75, 3.05) is 13.2 Å². The lowest BCUT2D eigenvalue weighted by molar-refractivity contribution is -0.384. The third-order valence-electron chi connectivity index (χ3n) is 4.11. The second kappa shape index (κ2) is 6.97. The molecule has 0 atom stereocenters. The molecule has 7 heteroatoms. The van der Waals surface area contributed by atoms with Crippen molar-refractivity contribution >= 4 is 28.9 Å². The number of nitro groups is 1. The third-order valence-corrected chi connectivity index (χ3v) is 4.85. The van der Waals surface area contributed by atoms with Crippen LogP contribution in [0.15, 0.2) is 42.5 Å². The Kier molecular flexibility index (Phi) is 4.94. The predicted molar refractivity (Wildman–Crippen MR) is 91.9 cm³/mol. The van der Waals surface area contributed by atoms with E-state index in [1.807, 2.05) is 6.07 Å². The number of hydrogen-bond acceptors (Lipinski definition) is 4. The van der Waals surface area contributed by atoms with Crippen LogP contribution >= 0.6 is 23.2 Å². The molecule has 0 saturated carbocycles. The van der Waals surface area contributed by atoms with Crippen molar-refractivity contribution in [2.24, 2.45) is 0 Å². The van der Waals surface area contributed by atoms with Gasteiger partial charge in [-0.1, -0.05) is 29.3 Å². The van der Waals surface area contributed by atoms with Crippen LogP contribution in [0.3, 0.4) is 0 Å². The lowest BCUT2D eigenvalue weighted by atomic mass is 9.86. The molecule has 0 unspecified atom stereocenters. The summed E-state index contributed by atoms with van der Waals surface area (Å²) in [6.45, 7) is 1.13. The summed E-state index contributed by atoms with van der Waals surface area (Å²) in [5, 5.41) is 11.7. The van der Waals surface area contributed by atoms with Crippen LogP contribution in [0.1, 0.15) is 18.4 Å². The van der Waals surface area contributed by atoms with Crippen LogP contribution < -0.4 is 4.74 Å². The summed E-state index contributed by atoms with van der Waals surface area (Å²) >= 11 is 12.2. The zero-order chi connectivity index (χ0) is 17.2. The average molecular weight is 368 g/mol. The van der Waals surface area contributed by atoms with E-state index in [0.29, 0.717) is 41.9 Å². The van der Waals surface area contributed by atoms with Gasteiger partial charge in [-0.3, -0.25) is 10.1 Å². The topological polar surface area (TPSA) is 61.6 Å². The predicted octanol–water partition coefficient (Wildman–Crippen LogP) is 4.99. The van der Waals surface area contributed by atoms with Crippen LogP contribution in [0.2, 0.25) is 10.0 Å². The SMILES string of the molecule is O=[N+]([O-])c1ccc(OC2(c3ccc(Cl)c(Cl)c3)CCOCC2)cc1. The first-order valence-corrected chi connectivity index (χ1v) is 8.22. The summed E-state index contributed by atoms with van der Waals surface area (Å²) in [4.78, 5) is 10.3. The molecular weight excluding hydrogens is 353 g/mol. The van der Waals surface area contributed by atoms with Gasteiger partial charge in [0.2, 0.25) is 0 Å². The van der Waals surface area contributed by atoms with Crippen molar-refractivity contribution in [1.82, 2.24) is 0 Å². The second-order valence-corrected chi connectivity index (χ2v) is 6.40. The van der Waals surface area contributed by atoms with E-state index >= 15 is 0 Å². The highest BCUT2D eigenvalue weighted by molar-refractivity contribution is 6.42. The normalized spacial score (nSPS) is 16.6. The molecule has 0 bridgehead atoms. The maximum atomic E-state index is 10.8. The van der Waals surface area contributed by atoms with Crippen molar-refractivity contribution in [2.45, 2.75) is 18.4 Å². The molecule has 1 heterocycles. The highest BCUT2D eigenvalue weighted by Gasteiger charge is 2.37. The van der Waals surface area contributed by atoms with Crippen LogP contribution in [0.4, 0.5) is 5.69 Å². The molecule has 1 aliphatic rings. The minimum atomic E-state index is -0.595. The smallest absolute Gasteiger partial charge is 0.269 e. The van der Waals surface area contributed by atoms with E-state index in [1.165, 1.54) is 12.1 Å². The molecule has 1 fully saturated rings. The number of hydrogen-bond donors (Lipinski definition) is 0. The van der Waals surface area contributed by atoms with Gasteiger partial charge in [-0.2, -0.15) is 0 Å². The summed E-state index contributed by atoms with van der Waals surface area (Å²) in [7, 11) is 0. The molecule has 0 spiro atoms. The van der Waals surface area contributed by atoms with Crippen LogP contribution in [0.25, 0.3) is 0 Å². The van der Waals surface area contributed by atoms with Gasteiger partial charge in [0.15, 0.2) is 0 Å². The summed E-state index contributed by atoms with van der Waals surface area (Å²) in [5.74, 6) is 0.563. The van der Waals surface area contributed by atoms with Crippen LogP contribution in [0, 0.1) is 10.1 Å². The lowest BCUT2D eigenvalue weighted by Gasteiger charge is -2.38. The van der Waals surface area contributed by atoms with Gasteiger partial charge in [0.25, 0.3) is 5.69 Å². The number of nitrogens with zero attached hydrogens (tertiary/aromatic N) is 1. The van der Waals surface area contributed by atoms with Crippen molar-refractivity contribution in [3.63, 3.8) is 0 Å². The van der Waals surface area contributed by atoms with E-state index in [9.17, 15) is 10.1 Å². The molecule has 5 nitrogen and oxygen atoms in total. The molecule has 24 heavy (non-hydrogen) atoms. The fourth-order valence-electron chi connectivity index (χ4n) is 2.79. The molecule has 0 N–H and O–H groups in total. The average Bonchev–Trinajstić information content (AvgIpc) is 2.58. The highest BCUT2D eigenvalue weighted by Crippen LogP contribution is 2.39. The van der Waals surface area contributed by atoms with E-state index in [2.05, 4.69) is 0 Å². The summed E-state index contributed by atoms with van der Waals surface area (Å²) in [6.07, 6.45) is 1.31. The minimum absolute atomic E-state index is 0.0258. The lowest BCUT2D eigenvalue weighted by Crippen LogP contribution is -2.39. The van der Waals surface area contributed by atoms with Crippen molar-refractivity contribution in [3.8, 4) is 5.75 Å². The number of non-ortho nitro benzene ring substituents is 1. The van der Waals surface area contributed by atoms with E-state index in [1.54, 1.807) is 24.3 Å². The zero-order valence-electron chi connectivity index (χ0n) is 12.7. The Hall–Kier alpha value is -1.82. The Morgan fingerprint density at radius 2 is 1.71 bits per heavy atom. The van der Waals surface area contributed by atoms with Crippen LogP contribution in [0.5, 0.6) is 5.75 Å². The molecule has 0 radical (unpaired) electrons. The molecule has 0 aromatic heterocycles. The number of ether oxygens (including phenoxy) is 2. The molecule has 1 aliphatic heterocycles. The van der Waals surface area contributed by atoms with Gasteiger partial charge in [0, 0.05) is 25.0 Å². The fraction of sp³-hybridized carbons (Fsp3) is 0.294. The molecule has 0 amide bonds. The zero-order valence-corrected chi connectivity index (χ0v) is 14.2. The largest absolute Gasteiger partial charge is 0.482 e. The van der Waals surface area contributed by atoms with Gasteiger partial charge >= 0.3 is 0 Å². The Morgan fingerprint density at radius 3 is 2.29 bits per heavy atom. The standard InChI is InChI=1S/C17H15Cl2NO4/c18-15-6-1-12(11-16(15)19)17(7-9-23-10-8-17)24-14-4-2-13(3-5-14)20(21)22/h1-6,11H,7-10H2. The Morgan fingerprint density at radius 1 is 1.04 bits per heavy atom. The number of halogens is 2. The van der Waals surface area contributed by atoms with Gasteiger partial charge in [-0.15, -0.1) is 0 Å². The van der Waals surface area contributed by atoms with Gasteiger partial charge < -0.3 is 9.47 Å². The van der Waals surface area contributed by atoms with Crippen molar-refractivity contribution in [3.05, 3.63) is 68.2 Å². The quantitative estimate of drug-likeness (QED) is 0.564. The Bertz CT molecular complexity index is 743. The molecule has 1 saturated heterocycles. The van der Waals surface area contributed by atoms with Crippen molar-refractivity contribution in [1.29, 1.82) is 0 Å². The summed E-state index contributed by atoms with van der Waals surface area (Å²) in [5.41, 5.74) is 0.347. The van der Waals surface area contributed by atoms with Crippen LogP contribution in [-0.2, 0) is 10.3 Å². The summed E-state index contributed by atoms with van der Waals surface area (Å²) in [6, 6.07) is 11.5. The van der Waals surface area contributed by atoms with E-state index < -0.39 is 10.5 Å². The second-order valence-electron chi connectivity index (χ2n) is 5.59. The first kappa shape index (κ1) is 17.0. The fourth-order valence-corrected chi connectivity index (χ4v) is 3.09. The third kappa shape index (κ3) is 3.48. The maximum absolute atomic E-state index is 10.8. The molecule has 2 aromatic rings. The van der Waals surface area contributed by atoms with Crippen molar-refractivity contribution < 1.29 is 14.4 Å². The Balaban J connectivity index is 1.93. The summed E-state index contributed by atoms with van der Waals surface area (Å²) < 4.78 is 11.7. The molecule has 2 aromatic carbocycles. The van der Waals surface area contributed by atoms with E-state index in [4.69, 9.17) is 32.7 Å². The molecule has 3 rings (SSSR count). The highest BCUT2D eigenvalue weighted by atomic mass is 35.5. The number of rotatable bonds is 4. The minimum Gasteiger partial charge on any atom is -0.482 e. The first-order valence-electron chi connectivity index (χ1n) is 7.47. The number of nitro benzene ring substituents is 1. The van der Waals surface area contributed by atoms with Gasteiger partial charge in [-0.05, 0) is 29.8 Å². The van der Waals surface area contributed by atoms with Gasteiger partial charge in [0.1, 0.15) is 11.4 Å². The van der Waals surface area contributed by atoms with Gasteiger partial charge in [0.05, 0.1) is 28.2 Å². The van der Waals surface area contributed by atoms with Gasteiger partial charge in [-0.25, -0.2) is 0 Å². The monoisotopic (exact) mass is 367 g/mol. The van der Waals surface area contributed by atoms with E-state index in [0.717, 1.165) is 5.56 Å².